The molecule has 2 aromatic rings. The lowest BCUT2D eigenvalue weighted by Crippen LogP contribution is -2.47. The monoisotopic (exact) mass is 368 g/mol. The van der Waals surface area contributed by atoms with Gasteiger partial charge in [-0.2, -0.15) is 0 Å². The number of carbonyl (C=O) groups is 2. The molecule has 1 aromatic heterocycles. The Bertz CT molecular complexity index is 820. The smallest absolute Gasteiger partial charge is 0.230 e. The number of likely N-dealkylation sites (tertiary alicyclic amines) is 1. The molecule has 6 heteroatoms. The lowest BCUT2D eigenvalue weighted by Gasteiger charge is -2.35. The van der Waals surface area contributed by atoms with Gasteiger partial charge < -0.3 is 10.2 Å². The van der Waals surface area contributed by atoms with Crippen molar-refractivity contribution < 1.29 is 9.59 Å². The number of anilines is 1. The average molecular weight is 368 g/mol. The first-order chi connectivity index (χ1) is 12.8. The summed E-state index contributed by atoms with van der Waals surface area (Å²) in [6.07, 6.45) is 1.63. The van der Waals surface area contributed by atoms with Crippen LogP contribution in [-0.2, 0) is 9.59 Å². The Morgan fingerprint density at radius 2 is 1.89 bits per heavy atom. The summed E-state index contributed by atoms with van der Waals surface area (Å²) < 4.78 is 1.81. The number of nitrogens with zero attached hydrogens (tertiary/aromatic N) is 3. The lowest BCUT2D eigenvalue weighted by molar-refractivity contribution is -0.142. The van der Waals surface area contributed by atoms with E-state index in [0.29, 0.717) is 12.4 Å². The molecule has 1 saturated heterocycles. The molecular weight excluding hydrogens is 340 g/mol. The summed E-state index contributed by atoms with van der Waals surface area (Å²) in [4.78, 5) is 27.1. The van der Waals surface area contributed by atoms with Crippen LogP contribution in [0.2, 0.25) is 0 Å². The number of amides is 2. The molecule has 1 atom stereocenters. The van der Waals surface area contributed by atoms with E-state index in [-0.39, 0.29) is 17.7 Å². The molecule has 6 nitrogen and oxygen atoms in total. The number of rotatable bonds is 3. The predicted octanol–water partition coefficient (Wildman–Crippen LogP) is 3.40. The van der Waals surface area contributed by atoms with E-state index < -0.39 is 5.41 Å². The van der Waals surface area contributed by atoms with Gasteiger partial charge in [0.05, 0.1) is 11.6 Å². The minimum Gasteiger partial charge on any atom is -0.341 e. The molecule has 1 aliphatic rings. The number of hydrogen-bond donors (Lipinski definition) is 1. The summed E-state index contributed by atoms with van der Waals surface area (Å²) in [6, 6.07) is 11.7. The summed E-state index contributed by atoms with van der Waals surface area (Å²) in [6.45, 7) is 8.90. The van der Waals surface area contributed by atoms with Gasteiger partial charge >= 0.3 is 0 Å². The summed E-state index contributed by atoms with van der Waals surface area (Å²) >= 11 is 0. The van der Waals surface area contributed by atoms with E-state index >= 15 is 0 Å². The van der Waals surface area contributed by atoms with E-state index in [2.05, 4.69) is 10.4 Å². The van der Waals surface area contributed by atoms with E-state index in [1.165, 1.54) is 0 Å². The first-order valence-electron chi connectivity index (χ1n) is 9.48. The fourth-order valence-corrected chi connectivity index (χ4v) is 3.44. The molecule has 0 bridgehead atoms. The van der Waals surface area contributed by atoms with Crippen molar-refractivity contribution >= 4 is 17.6 Å². The summed E-state index contributed by atoms with van der Waals surface area (Å²) in [5.74, 6) is 0.371. The van der Waals surface area contributed by atoms with Crippen LogP contribution in [0, 0.1) is 18.3 Å². The molecule has 1 aliphatic heterocycles. The number of carbonyl (C=O) groups excluding carboxylic acids is 2. The highest BCUT2D eigenvalue weighted by Gasteiger charge is 2.33. The van der Waals surface area contributed by atoms with Crippen molar-refractivity contribution in [1.82, 2.24) is 14.7 Å². The van der Waals surface area contributed by atoms with Crippen LogP contribution in [0.3, 0.4) is 0 Å². The van der Waals surface area contributed by atoms with E-state index in [9.17, 15) is 9.59 Å². The number of aryl methyl sites for hydroxylation is 1. The predicted molar refractivity (Wildman–Crippen MR) is 106 cm³/mol. The Kier molecular flexibility index (Phi) is 5.35. The van der Waals surface area contributed by atoms with Crippen molar-refractivity contribution in [1.29, 1.82) is 0 Å². The molecule has 0 spiro atoms. The first-order valence-corrected chi connectivity index (χ1v) is 9.48. The third-order valence-electron chi connectivity index (χ3n) is 4.86. The normalized spacial score (nSPS) is 17.6. The topological polar surface area (TPSA) is 67.2 Å². The number of piperidine rings is 1. The minimum absolute atomic E-state index is 0.0703. The number of nitrogens with one attached hydrogen (secondary N) is 1. The van der Waals surface area contributed by atoms with Crippen molar-refractivity contribution in [3.8, 4) is 5.69 Å². The number of hydrogen-bond acceptors (Lipinski definition) is 3. The summed E-state index contributed by atoms with van der Waals surface area (Å²) in [5, 5.41) is 7.44. The maximum atomic E-state index is 12.7. The highest BCUT2D eigenvalue weighted by atomic mass is 16.2. The van der Waals surface area contributed by atoms with Crippen LogP contribution in [0.1, 0.15) is 39.3 Å². The number of para-hydroxylation sites is 1. The fraction of sp³-hybridized carbons (Fsp3) is 0.476. The van der Waals surface area contributed by atoms with Crippen molar-refractivity contribution in [2.75, 3.05) is 18.4 Å². The van der Waals surface area contributed by atoms with Crippen molar-refractivity contribution in [3.05, 3.63) is 42.1 Å². The van der Waals surface area contributed by atoms with E-state index in [1.54, 1.807) is 0 Å². The van der Waals surface area contributed by atoms with Gasteiger partial charge in [0.15, 0.2) is 5.82 Å². The molecule has 1 unspecified atom stereocenters. The van der Waals surface area contributed by atoms with Crippen molar-refractivity contribution in [2.45, 2.75) is 40.5 Å². The Morgan fingerprint density at radius 1 is 1.19 bits per heavy atom. The van der Waals surface area contributed by atoms with Gasteiger partial charge in [-0.05, 0) is 31.9 Å². The Hall–Kier alpha value is -2.63. The highest BCUT2D eigenvalue weighted by Crippen LogP contribution is 2.24. The van der Waals surface area contributed by atoms with Crippen LogP contribution in [0.4, 0.5) is 5.82 Å². The maximum absolute atomic E-state index is 12.7. The second-order valence-electron chi connectivity index (χ2n) is 8.25. The largest absolute Gasteiger partial charge is 0.341 e. The zero-order valence-electron chi connectivity index (χ0n) is 16.5. The van der Waals surface area contributed by atoms with Gasteiger partial charge in [-0.3, -0.25) is 9.59 Å². The SMILES string of the molecule is Cc1cc(NC(=O)C2CCCN(C(=O)C(C)(C)C)C2)nn1-c1ccccc1. The van der Waals surface area contributed by atoms with Gasteiger partial charge in [0, 0.05) is 30.3 Å². The molecule has 3 rings (SSSR count). The van der Waals surface area contributed by atoms with Crippen LogP contribution in [0.5, 0.6) is 0 Å². The quantitative estimate of drug-likeness (QED) is 0.903. The molecular formula is C21H28N4O2. The standard InChI is InChI=1S/C21H28N4O2/c1-15-13-18(23-25(15)17-10-6-5-7-11-17)22-19(26)16-9-8-12-24(14-16)20(27)21(2,3)4/h5-7,10-11,13,16H,8-9,12,14H2,1-4H3,(H,22,23,26). The van der Waals surface area contributed by atoms with Crippen LogP contribution < -0.4 is 5.32 Å². The van der Waals surface area contributed by atoms with E-state index in [4.69, 9.17) is 0 Å². The van der Waals surface area contributed by atoms with Gasteiger partial charge in [-0.15, -0.1) is 5.10 Å². The molecule has 144 valence electrons. The van der Waals surface area contributed by atoms with Gasteiger partial charge in [0.1, 0.15) is 0 Å². The Balaban J connectivity index is 1.68. The second-order valence-corrected chi connectivity index (χ2v) is 8.25. The van der Waals surface area contributed by atoms with E-state index in [0.717, 1.165) is 30.8 Å². The molecule has 2 amide bonds. The molecule has 2 heterocycles. The molecule has 1 fully saturated rings. The molecule has 27 heavy (non-hydrogen) atoms. The van der Waals surface area contributed by atoms with Crippen LogP contribution in [0.15, 0.2) is 36.4 Å². The molecule has 0 radical (unpaired) electrons. The summed E-state index contributed by atoms with van der Waals surface area (Å²) in [7, 11) is 0. The van der Waals surface area contributed by atoms with Crippen molar-refractivity contribution in [2.24, 2.45) is 11.3 Å². The van der Waals surface area contributed by atoms with Gasteiger partial charge in [0.2, 0.25) is 11.8 Å². The zero-order chi connectivity index (χ0) is 19.6. The van der Waals surface area contributed by atoms with Crippen molar-refractivity contribution in [3.63, 3.8) is 0 Å². The van der Waals surface area contributed by atoms with Gasteiger partial charge in [0.25, 0.3) is 0 Å². The van der Waals surface area contributed by atoms with Crippen LogP contribution in [0.25, 0.3) is 5.69 Å². The first kappa shape index (κ1) is 19.1. The van der Waals surface area contributed by atoms with Gasteiger partial charge in [-0.25, -0.2) is 4.68 Å². The number of aromatic nitrogens is 2. The second kappa shape index (κ2) is 7.55. The fourth-order valence-electron chi connectivity index (χ4n) is 3.44. The van der Waals surface area contributed by atoms with Gasteiger partial charge in [-0.1, -0.05) is 39.0 Å². The number of benzene rings is 1. The van der Waals surface area contributed by atoms with Crippen LogP contribution in [-0.4, -0.2) is 39.6 Å². The zero-order valence-corrected chi connectivity index (χ0v) is 16.5. The average Bonchev–Trinajstić information content (AvgIpc) is 3.01. The molecule has 1 aromatic carbocycles. The lowest BCUT2D eigenvalue weighted by atomic mass is 9.91. The summed E-state index contributed by atoms with van der Waals surface area (Å²) in [5.41, 5.74) is 1.48. The highest BCUT2D eigenvalue weighted by molar-refractivity contribution is 5.92. The third-order valence-corrected chi connectivity index (χ3v) is 4.86. The third kappa shape index (κ3) is 4.38. The van der Waals surface area contributed by atoms with E-state index in [1.807, 2.05) is 73.7 Å². The molecule has 0 saturated carbocycles. The molecule has 0 aliphatic carbocycles. The minimum atomic E-state index is -0.427. The maximum Gasteiger partial charge on any atom is 0.230 e. The Morgan fingerprint density at radius 3 is 2.56 bits per heavy atom. The van der Waals surface area contributed by atoms with Crippen LogP contribution >= 0.6 is 0 Å². The molecule has 1 N–H and O–H groups in total. The Labute approximate surface area is 160 Å².